The first kappa shape index (κ1) is 18.1. The summed E-state index contributed by atoms with van der Waals surface area (Å²) in [4.78, 5) is 0. The zero-order valence-electron chi connectivity index (χ0n) is 14.8. The second-order valence-corrected chi connectivity index (χ2v) is 7.38. The van der Waals surface area contributed by atoms with Crippen molar-refractivity contribution in [2.45, 2.75) is 56.8 Å². The molecule has 0 spiro atoms. The summed E-state index contributed by atoms with van der Waals surface area (Å²) < 4.78 is 18.9. The van der Waals surface area contributed by atoms with E-state index in [1.54, 1.807) is 25.1 Å². The second-order valence-electron chi connectivity index (χ2n) is 7.38. The second kappa shape index (κ2) is 6.90. The van der Waals surface area contributed by atoms with Crippen molar-refractivity contribution in [1.29, 1.82) is 0 Å². The molecule has 5 heteroatoms. The van der Waals surface area contributed by atoms with E-state index < -0.39 is 11.2 Å². The van der Waals surface area contributed by atoms with Gasteiger partial charge in [0.25, 0.3) is 0 Å². The molecule has 1 fully saturated rings. The Hall–Kier alpha value is -1.69. The van der Waals surface area contributed by atoms with Crippen LogP contribution >= 0.6 is 0 Å². The van der Waals surface area contributed by atoms with E-state index in [1.165, 1.54) is 12.1 Å². The highest BCUT2D eigenvalue weighted by atomic mass is 19.1. The molecule has 4 nitrogen and oxygen atoms in total. The van der Waals surface area contributed by atoms with Crippen molar-refractivity contribution in [2.24, 2.45) is 0 Å². The van der Waals surface area contributed by atoms with Crippen LogP contribution in [0.15, 0.2) is 40.8 Å². The molecule has 136 valence electrons. The Balaban J connectivity index is 1.56. The Kier molecular flexibility index (Phi) is 5.00. The molecular formula is C20H26FNO3. The maximum Gasteiger partial charge on any atom is 0.136 e. The van der Waals surface area contributed by atoms with Gasteiger partial charge in [0, 0.05) is 12.6 Å². The smallest absolute Gasteiger partial charge is 0.136 e. The number of halogens is 1. The van der Waals surface area contributed by atoms with E-state index in [-0.39, 0.29) is 11.9 Å². The molecule has 25 heavy (non-hydrogen) atoms. The highest BCUT2D eigenvalue weighted by molar-refractivity contribution is 5.24. The summed E-state index contributed by atoms with van der Waals surface area (Å²) in [6.07, 6.45) is 2.66. The Morgan fingerprint density at radius 2 is 2.00 bits per heavy atom. The summed E-state index contributed by atoms with van der Waals surface area (Å²) >= 11 is 0. The quantitative estimate of drug-likeness (QED) is 0.776. The topological polar surface area (TPSA) is 65.6 Å². The van der Waals surface area contributed by atoms with E-state index in [0.29, 0.717) is 30.7 Å². The molecule has 0 bridgehead atoms. The third-order valence-corrected chi connectivity index (χ3v) is 5.18. The average Bonchev–Trinajstić information content (AvgIpc) is 3.02. The van der Waals surface area contributed by atoms with Gasteiger partial charge in [-0.1, -0.05) is 12.1 Å². The lowest BCUT2D eigenvalue weighted by Gasteiger charge is -2.37. The lowest BCUT2D eigenvalue weighted by atomic mass is 9.77. The van der Waals surface area contributed by atoms with Crippen LogP contribution in [-0.2, 0) is 11.2 Å². The molecule has 2 aromatic rings. The van der Waals surface area contributed by atoms with Gasteiger partial charge in [-0.15, -0.1) is 0 Å². The summed E-state index contributed by atoms with van der Waals surface area (Å²) in [6, 6.07) is 10.0. The molecule has 3 N–H and O–H groups in total. The fourth-order valence-corrected chi connectivity index (χ4v) is 3.52. The molecular weight excluding hydrogens is 321 g/mol. The van der Waals surface area contributed by atoms with Gasteiger partial charge in [-0.25, -0.2) is 4.39 Å². The molecule has 1 aromatic heterocycles. The van der Waals surface area contributed by atoms with Gasteiger partial charge in [-0.05, 0) is 69.4 Å². The zero-order valence-corrected chi connectivity index (χ0v) is 14.8. The van der Waals surface area contributed by atoms with E-state index in [1.807, 2.05) is 13.0 Å². The molecule has 1 aliphatic rings. The molecule has 1 heterocycles. The number of hydrogen-bond donors (Lipinski definition) is 3. The number of aliphatic hydroxyl groups is 2. The summed E-state index contributed by atoms with van der Waals surface area (Å²) in [6.45, 7) is 3.95. The molecule has 1 atom stereocenters. The molecule has 1 aromatic carbocycles. The first-order chi connectivity index (χ1) is 11.8. The van der Waals surface area contributed by atoms with Gasteiger partial charge in [0.1, 0.15) is 22.9 Å². The Bertz CT molecular complexity index is 717. The molecule has 1 unspecified atom stereocenters. The molecule has 3 rings (SSSR count). The molecule has 0 amide bonds. The number of rotatable bonds is 5. The largest absolute Gasteiger partial charge is 0.463 e. The first-order valence-corrected chi connectivity index (χ1v) is 8.80. The third-order valence-electron chi connectivity index (χ3n) is 5.18. The maximum absolute atomic E-state index is 13.4. The molecule has 0 radical (unpaired) electrons. The highest BCUT2D eigenvalue weighted by Gasteiger charge is 2.36. The van der Waals surface area contributed by atoms with Gasteiger partial charge in [-0.2, -0.15) is 0 Å². The average molecular weight is 347 g/mol. The van der Waals surface area contributed by atoms with Crippen molar-refractivity contribution >= 4 is 0 Å². The molecule has 0 aliphatic heterocycles. The molecule has 1 aliphatic carbocycles. The van der Waals surface area contributed by atoms with Crippen molar-refractivity contribution in [3.63, 3.8) is 0 Å². The van der Waals surface area contributed by atoms with Crippen molar-refractivity contribution in [3.05, 3.63) is 59.3 Å². The van der Waals surface area contributed by atoms with Crippen LogP contribution in [0, 0.1) is 12.7 Å². The summed E-state index contributed by atoms with van der Waals surface area (Å²) in [5.41, 5.74) is -1.41. The van der Waals surface area contributed by atoms with Crippen LogP contribution in [0.3, 0.4) is 0 Å². The monoisotopic (exact) mass is 347 g/mol. The van der Waals surface area contributed by atoms with Crippen LogP contribution in [0.25, 0.3) is 0 Å². The van der Waals surface area contributed by atoms with Gasteiger partial charge in [0.2, 0.25) is 0 Å². The minimum atomic E-state index is -1.08. The van der Waals surface area contributed by atoms with E-state index in [9.17, 15) is 14.6 Å². The summed E-state index contributed by atoms with van der Waals surface area (Å²) in [5.74, 6) is 0.994. The third kappa shape index (κ3) is 4.11. The number of nitrogens with one attached hydrogen (secondary N) is 1. The Morgan fingerprint density at radius 3 is 2.60 bits per heavy atom. The van der Waals surface area contributed by atoms with Crippen molar-refractivity contribution < 1.29 is 19.0 Å². The minimum absolute atomic E-state index is 0.205. The van der Waals surface area contributed by atoms with E-state index in [0.717, 1.165) is 18.6 Å². The van der Waals surface area contributed by atoms with Crippen LogP contribution in [-0.4, -0.2) is 22.8 Å². The van der Waals surface area contributed by atoms with Crippen LogP contribution < -0.4 is 5.32 Å². The number of hydrogen-bond acceptors (Lipinski definition) is 4. The Labute approximate surface area is 147 Å². The SMILES string of the molecule is Cc1ccc(C(C)(O)CNC2CCC(O)(c3cccc(F)c3)CC2)o1. The van der Waals surface area contributed by atoms with Crippen LogP contribution in [0.1, 0.15) is 49.7 Å². The molecule has 1 saturated carbocycles. The lowest BCUT2D eigenvalue weighted by Crippen LogP contribution is -2.44. The van der Waals surface area contributed by atoms with Gasteiger partial charge in [-0.3, -0.25) is 0 Å². The van der Waals surface area contributed by atoms with Crippen molar-refractivity contribution in [1.82, 2.24) is 5.32 Å². The van der Waals surface area contributed by atoms with Crippen molar-refractivity contribution in [2.75, 3.05) is 6.54 Å². The summed E-state index contributed by atoms with van der Waals surface area (Å²) in [7, 11) is 0. The fourth-order valence-electron chi connectivity index (χ4n) is 3.52. The van der Waals surface area contributed by atoms with E-state index in [4.69, 9.17) is 4.42 Å². The number of aryl methyl sites for hydroxylation is 1. The minimum Gasteiger partial charge on any atom is -0.463 e. The van der Waals surface area contributed by atoms with Crippen LogP contribution in [0.2, 0.25) is 0 Å². The van der Waals surface area contributed by atoms with Crippen molar-refractivity contribution in [3.8, 4) is 0 Å². The van der Waals surface area contributed by atoms with E-state index in [2.05, 4.69) is 5.32 Å². The van der Waals surface area contributed by atoms with Crippen LogP contribution in [0.4, 0.5) is 4.39 Å². The number of benzene rings is 1. The van der Waals surface area contributed by atoms with Crippen LogP contribution in [0.5, 0.6) is 0 Å². The predicted octanol–water partition coefficient (Wildman–Crippen LogP) is 3.35. The van der Waals surface area contributed by atoms with Gasteiger partial charge in [0.15, 0.2) is 0 Å². The standard InChI is InChI=1S/C20H26FNO3/c1-14-6-7-18(25-14)19(2,23)13-22-17-8-10-20(24,11-9-17)15-4-3-5-16(21)12-15/h3-7,12,17,22-24H,8-11,13H2,1-2H3. The summed E-state index contributed by atoms with van der Waals surface area (Å²) in [5, 5.41) is 24.8. The Morgan fingerprint density at radius 1 is 1.28 bits per heavy atom. The molecule has 0 saturated heterocycles. The number of furan rings is 1. The predicted molar refractivity (Wildman–Crippen MR) is 93.6 cm³/mol. The fraction of sp³-hybridized carbons (Fsp3) is 0.500. The van der Waals surface area contributed by atoms with Gasteiger partial charge in [0.05, 0.1) is 5.60 Å². The van der Waals surface area contributed by atoms with Gasteiger partial charge < -0.3 is 19.9 Å². The van der Waals surface area contributed by atoms with Gasteiger partial charge >= 0.3 is 0 Å². The maximum atomic E-state index is 13.4. The zero-order chi connectivity index (χ0) is 18.1. The first-order valence-electron chi connectivity index (χ1n) is 8.80. The van der Waals surface area contributed by atoms with E-state index >= 15 is 0 Å². The lowest BCUT2D eigenvalue weighted by molar-refractivity contribution is -0.0144. The normalized spacial score (nSPS) is 26.4. The highest BCUT2D eigenvalue weighted by Crippen LogP contribution is 2.37.